The molecule has 1 amide bonds. The number of esters is 1. The van der Waals surface area contributed by atoms with E-state index >= 15 is 0 Å². The number of ether oxygens (including phenoxy) is 1. The number of amides is 1. The predicted octanol–water partition coefficient (Wildman–Crippen LogP) is 0.765. The number of aromatic nitrogens is 2. The standard InChI is InChI=1S/C10H12ClN3O3/c1-14(4-3-9(15)17-2)10(16)7-5-12-6-8(11)13-7/h5-6H,3-4H2,1-2H3. The van der Waals surface area contributed by atoms with Gasteiger partial charge in [-0.25, -0.2) is 4.98 Å². The summed E-state index contributed by atoms with van der Waals surface area (Å²) in [4.78, 5) is 31.7. The van der Waals surface area contributed by atoms with Crippen LogP contribution in [0.1, 0.15) is 16.9 Å². The van der Waals surface area contributed by atoms with E-state index in [1.807, 2.05) is 0 Å². The second-order valence-electron chi connectivity index (χ2n) is 3.28. The third-order valence-electron chi connectivity index (χ3n) is 2.05. The number of methoxy groups -OCH3 is 1. The van der Waals surface area contributed by atoms with Crippen molar-refractivity contribution in [2.24, 2.45) is 0 Å². The summed E-state index contributed by atoms with van der Waals surface area (Å²) in [6, 6.07) is 0. The molecule has 17 heavy (non-hydrogen) atoms. The van der Waals surface area contributed by atoms with Crippen molar-refractivity contribution in [1.82, 2.24) is 14.9 Å². The Balaban J connectivity index is 2.61. The molecule has 0 spiro atoms. The van der Waals surface area contributed by atoms with Gasteiger partial charge in [0, 0.05) is 13.6 Å². The molecule has 0 saturated heterocycles. The molecular formula is C10H12ClN3O3. The SMILES string of the molecule is COC(=O)CCN(C)C(=O)c1cncc(Cl)n1. The lowest BCUT2D eigenvalue weighted by Crippen LogP contribution is -2.30. The number of hydrogen-bond acceptors (Lipinski definition) is 5. The zero-order chi connectivity index (χ0) is 12.8. The highest BCUT2D eigenvalue weighted by atomic mass is 35.5. The van der Waals surface area contributed by atoms with Crippen LogP contribution in [0.5, 0.6) is 0 Å². The van der Waals surface area contributed by atoms with Crippen molar-refractivity contribution >= 4 is 23.5 Å². The lowest BCUT2D eigenvalue weighted by atomic mass is 10.3. The van der Waals surface area contributed by atoms with Crippen LogP contribution in [-0.4, -0.2) is 47.4 Å². The molecule has 92 valence electrons. The number of halogens is 1. The molecule has 1 rings (SSSR count). The minimum Gasteiger partial charge on any atom is -0.469 e. The van der Waals surface area contributed by atoms with Crippen LogP contribution >= 0.6 is 11.6 Å². The van der Waals surface area contributed by atoms with Gasteiger partial charge in [0.2, 0.25) is 0 Å². The first-order valence-corrected chi connectivity index (χ1v) is 5.22. The van der Waals surface area contributed by atoms with Gasteiger partial charge in [-0.2, -0.15) is 0 Å². The zero-order valence-corrected chi connectivity index (χ0v) is 10.3. The Kier molecular flexibility index (Phi) is 4.84. The summed E-state index contributed by atoms with van der Waals surface area (Å²) in [6.45, 7) is 0.250. The fourth-order valence-electron chi connectivity index (χ4n) is 1.10. The van der Waals surface area contributed by atoms with Crippen LogP contribution in [-0.2, 0) is 9.53 Å². The van der Waals surface area contributed by atoms with Crippen LogP contribution in [0, 0.1) is 0 Å². The lowest BCUT2D eigenvalue weighted by molar-refractivity contribution is -0.140. The Bertz CT molecular complexity index is 425. The van der Waals surface area contributed by atoms with Gasteiger partial charge >= 0.3 is 5.97 Å². The van der Waals surface area contributed by atoms with Crippen LogP contribution in [0.2, 0.25) is 5.15 Å². The Morgan fingerprint density at radius 2 is 2.18 bits per heavy atom. The van der Waals surface area contributed by atoms with Gasteiger partial charge in [-0.05, 0) is 0 Å². The first kappa shape index (κ1) is 13.4. The third-order valence-corrected chi connectivity index (χ3v) is 2.23. The van der Waals surface area contributed by atoms with E-state index in [4.69, 9.17) is 11.6 Å². The van der Waals surface area contributed by atoms with Crippen LogP contribution in [0.15, 0.2) is 12.4 Å². The van der Waals surface area contributed by atoms with E-state index in [9.17, 15) is 9.59 Å². The quantitative estimate of drug-likeness (QED) is 0.745. The molecule has 0 unspecified atom stereocenters. The minimum absolute atomic E-state index is 0.132. The Hall–Kier alpha value is -1.69. The summed E-state index contributed by atoms with van der Waals surface area (Å²) in [5, 5.41) is 0.150. The van der Waals surface area contributed by atoms with Crippen molar-refractivity contribution in [2.45, 2.75) is 6.42 Å². The van der Waals surface area contributed by atoms with Gasteiger partial charge in [-0.3, -0.25) is 14.6 Å². The highest BCUT2D eigenvalue weighted by Gasteiger charge is 2.15. The van der Waals surface area contributed by atoms with E-state index in [-0.39, 0.29) is 35.7 Å². The number of carbonyl (C=O) groups excluding carboxylic acids is 2. The first-order chi connectivity index (χ1) is 8.04. The van der Waals surface area contributed by atoms with Crippen molar-refractivity contribution in [3.8, 4) is 0 Å². The summed E-state index contributed by atoms with van der Waals surface area (Å²) in [6.07, 6.45) is 2.79. The highest BCUT2D eigenvalue weighted by Crippen LogP contribution is 2.05. The van der Waals surface area contributed by atoms with Crippen molar-refractivity contribution in [3.63, 3.8) is 0 Å². The molecule has 0 aliphatic rings. The molecule has 0 radical (unpaired) electrons. The lowest BCUT2D eigenvalue weighted by Gasteiger charge is -2.15. The van der Waals surface area contributed by atoms with E-state index in [0.717, 1.165) is 0 Å². The average molecular weight is 258 g/mol. The van der Waals surface area contributed by atoms with Crippen LogP contribution in [0.3, 0.4) is 0 Å². The molecule has 0 aromatic carbocycles. The van der Waals surface area contributed by atoms with Gasteiger partial charge in [0.25, 0.3) is 5.91 Å². The third kappa shape index (κ3) is 3.99. The molecule has 1 heterocycles. The molecule has 0 N–H and O–H groups in total. The maximum absolute atomic E-state index is 11.8. The zero-order valence-electron chi connectivity index (χ0n) is 9.51. The largest absolute Gasteiger partial charge is 0.469 e. The summed E-state index contributed by atoms with van der Waals surface area (Å²) in [7, 11) is 2.86. The number of nitrogens with zero attached hydrogens (tertiary/aromatic N) is 3. The van der Waals surface area contributed by atoms with E-state index in [1.54, 1.807) is 7.05 Å². The second kappa shape index (κ2) is 6.15. The Morgan fingerprint density at radius 3 is 2.76 bits per heavy atom. The molecule has 0 bridgehead atoms. The normalized spacial score (nSPS) is 9.82. The summed E-state index contributed by atoms with van der Waals surface area (Å²) in [5.41, 5.74) is 0.143. The minimum atomic E-state index is -0.373. The van der Waals surface area contributed by atoms with Crippen molar-refractivity contribution in [2.75, 3.05) is 20.7 Å². The topological polar surface area (TPSA) is 72.4 Å². The number of rotatable bonds is 4. The molecule has 1 aromatic heterocycles. The summed E-state index contributed by atoms with van der Waals surface area (Å²) >= 11 is 5.63. The number of carbonyl (C=O) groups is 2. The Morgan fingerprint density at radius 1 is 1.47 bits per heavy atom. The average Bonchev–Trinajstić information content (AvgIpc) is 2.34. The van der Waals surface area contributed by atoms with Crippen LogP contribution < -0.4 is 0 Å². The fourth-order valence-corrected chi connectivity index (χ4v) is 1.25. The second-order valence-corrected chi connectivity index (χ2v) is 3.67. The maximum Gasteiger partial charge on any atom is 0.307 e. The molecule has 0 aliphatic heterocycles. The van der Waals surface area contributed by atoms with E-state index in [2.05, 4.69) is 14.7 Å². The maximum atomic E-state index is 11.8. The van der Waals surface area contributed by atoms with E-state index in [0.29, 0.717) is 0 Å². The fraction of sp³-hybridized carbons (Fsp3) is 0.400. The molecule has 0 aliphatic carbocycles. The summed E-state index contributed by atoms with van der Waals surface area (Å²) < 4.78 is 4.48. The van der Waals surface area contributed by atoms with Crippen LogP contribution in [0.25, 0.3) is 0 Å². The van der Waals surface area contributed by atoms with Crippen molar-refractivity contribution in [3.05, 3.63) is 23.2 Å². The van der Waals surface area contributed by atoms with Gasteiger partial charge in [0.05, 0.1) is 25.9 Å². The van der Waals surface area contributed by atoms with Gasteiger partial charge in [0.1, 0.15) is 10.8 Å². The van der Waals surface area contributed by atoms with Crippen molar-refractivity contribution in [1.29, 1.82) is 0 Å². The van der Waals surface area contributed by atoms with Crippen molar-refractivity contribution < 1.29 is 14.3 Å². The molecule has 0 saturated carbocycles. The Labute approximate surface area is 104 Å². The summed E-state index contributed by atoms with van der Waals surface area (Å²) in [5.74, 6) is -0.717. The van der Waals surface area contributed by atoms with Gasteiger partial charge in [-0.15, -0.1) is 0 Å². The first-order valence-electron chi connectivity index (χ1n) is 4.84. The monoisotopic (exact) mass is 257 g/mol. The molecular weight excluding hydrogens is 246 g/mol. The molecule has 7 heteroatoms. The predicted molar refractivity (Wildman–Crippen MR) is 60.6 cm³/mol. The molecule has 1 aromatic rings. The van der Waals surface area contributed by atoms with Gasteiger partial charge in [-0.1, -0.05) is 11.6 Å². The highest BCUT2D eigenvalue weighted by molar-refractivity contribution is 6.29. The number of hydrogen-bond donors (Lipinski definition) is 0. The van der Waals surface area contributed by atoms with Gasteiger partial charge < -0.3 is 9.64 Å². The van der Waals surface area contributed by atoms with Gasteiger partial charge in [0.15, 0.2) is 0 Å². The van der Waals surface area contributed by atoms with E-state index in [1.165, 1.54) is 24.4 Å². The van der Waals surface area contributed by atoms with E-state index < -0.39 is 0 Å². The van der Waals surface area contributed by atoms with Crippen LogP contribution in [0.4, 0.5) is 0 Å². The molecule has 0 atom stereocenters. The smallest absolute Gasteiger partial charge is 0.307 e. The molecule has 0 fully saturated rings. The molecule has 6 nitrogen and oxygen atoms in total.